The molecule has 0 aliphatic carbocycles. The zero-order chi connectivity index (χ0) is 19.1. The molecule has 7 heteroatoms. The SMILES string of the molecule is CCN(CC)CCNC(=O)[C@@]1(Cc2cc([C@H]3CCOC3)no2)CCCNC1. The number of carbonyl (C=O) groups excluding carboxylic acids is 1. The summed E-state index contributed by atoms with van der Waals surface area (Å²) in [6.45, 7) is 11.0. The topological polar surface area (TPSA) is 79.6 Å². The Morgan fingerprint density at radius 3 is 2.96 bits per heavy atom. The zero-order valence-electron chi connectivity index (χ0n) is 16.8. The van der Waals surface area contributed by atoms with Gasteiger partial charge in [0, 0.05) is 44.6 Å². The lowest BCUT2D eigenvalue weighted by Gasteiger charge is -2.35. The van der Waals surface area contributed by atoms with Gasteiger partial charge in [0.2, 0.25) is 5.91 Å². The van der Waals surface area contributed by atoms with Crippen molar-refractivity contribution in [3.8, 4) is 0 Å². The molecule has 152 valence electrons. The van der Waals surface area contributed by atoms with Gasteiger partial charge in [-0.05, 0) is 38.9 Å². The number of amides is 1. The summed E-state index contributed by atoms with van der Waals surface area (Å²) in [6, 6.07) is 2.03. The molecule has 2 saturated heterocycles. The van der Waals surface area contributed by atoms with E-state index < -0.39 is 5.41 Å². The summed E-state index contributed by atoms with van der Waals surface area (Å²) in [5.74, 6) is 1.26. The number of ether oxygens (including phenoxy) is 1. The molecule has 0 radical (unpaired) electrons. The largest absolute Gasteiger partial charge is 0.381 e. The van der Waals surface area contributed by atoms with Gasteiger partial charge in [0.15, 0.2) is 0 Å². The molecule has 3 heterocycles. The smallest absolute Gasteiger partial charge is 0.228 e. The van der Waals surface area contributed by atoms with Crippen molar-refractivity contribution in [1.29, 1.82) is 0 Å². The minimum atomic E-state index is -0.454. The highest BCUT2D eigenvalue weighted by molar-refractivity contribution is 5.83. The van der Waals surface area contributed by atoms with E-state index in [0.717, 1.165) is 63.5 Å². The molecule has 1 aromatic rings. The van der Waals surface area contributed by atoms with Gasteiger partial charge in [-0.1, -0.05) is 19.0 Å². The van der Waals surface area contributed by atoms with Gasteiger partial charge in [-0.2, -0.15) is 0 Å². The second kappa shape index (κ2) is 9.66. The second-order valence-electron chi connectivity index (χ2n) is 7.80. The molecular weight excluding hydrogens is 344 g/mol. The van der Waals surface area contributed by atoms with E-state index in [-0.39, 0.29) is 5.91 Å². The van der Waals surface area contributed by atoms with Crippen LogP contribution >= 0.6 is 0 Å². The predicted molar refractivity (Wildman–Crippen MR) is 104 cm³/mol. The van der Waals surface area contributed by atoms with Crippen LogP contribution in [0.4, 0.5) is 0 Å². The lowest BCUT2D eigenvalue weighted by molar-refractivity contribution is -0.132. The van der Waals surface area contributed by atoms with Crippen LogP contribution in [-0.4, -0.2) is 68.4 Å². The molecule has 27 heavy (non-hydrogen) atoms. The lowest BCUT2D eigenvalue weighted by atomic mass is 9.76. The first-order valence-electron chi connectivity index (χ1n) is 10.4. The van der Waals surface area contributed by atoms with E-state index in [0.29, 0.717) is 32.0 Å². The molecule has 7 nitrogen and oxygen atoms in total. The molecule has 1 aromatic heterocycles. The Labute approximate surface area is 162 Å². The summed E-state index contributed by atoms with van der Waals surface area (Å²) < 4.78 is 11.1. The summed E-state index contributed by atoms with van der Waals surface area (Å²) in [4.78, 5) is 15.4. The Bertz CT molecular complexity index is 588. The molecule has 2 atom stereocenters. The number of likely N-dealkylation sites (N-methyl/N-ethyl adjacent to an activating group) is 1. The van der Waals surface area contributed by atoms with E-state index in [2.05, 4.69) is 34.5 Å². The Hall–Kier alpha value is -1.44. The van der Waals surface area contributed by atoms with E-state index in [1.54, 1.807) is 0 Å². The van der Waals surface area contributed by atoms with Crippen LogP contribution in [0.1, 0.15) is 50.5 Å². The molecule has 0 bridgehead atoms. The lowest BCUT2D eigenvalue weighted by Crippen LogP contribution is -2.52. The normalized spacial score (nSPS) is 25.8. The third kappa shape index (κ3) is 5.09. The molecule has 2 aliphatic rings. The van der Waals surface area contributed by atoms with E-state index in [1.807, 2.05) is 6.07 Å². The van der Waals surface area contributed by atoms with Crippen molar-refractivity contribution in [1.82, 2.24) is 20.7 Å². The Balaban J connectivity index is 1.62. The highest BCUT2D eigenvalue weighted by atomic mass is 16.5. The molecule has 0 saturated carbocycles. The van der Waals surface area contributed by atoms with Crippen molar-refractivity contribution >= 4 is 5.91 Å². The van der Waals surface area contributed by atoms with Gasteiger partial charge in [-0.25, -0.2) is 0 Å². The van der Waals surface area contributed by atoms with Gasteiger partial charge in [-0.15, -0.1) is 0 Å². The molecule has 2 fully saturated rings. The molecule has 2 aliphatic heterocycles. The van der Waals surface area contributed by atoms with Crippen molar-refractivity contribution in [2.45, 2.75) is 45.4 Å². The van der Waals surface area contributed by atoms with E-state index in [1.165, 1.54) is 0 Å². The monoisotopic (exact) mass is 378 g/mol. The minimum absolute atomic E-state index is 0.129. The maximum Gasteiger partial charge on any atom is 0.228 e. The Kier molecular flexibility index (Phi) is 7.26. The fraction of sp³-hybridized carbons (Fsp3) is 0.800. The van der Waals surface area contributed by atoms with Gasteiger partial charge in [0.1, 0.15) is 5.76 Å². The Morgan fingerprint density at radius 2 is 2.30 bits per heavy atom. The zero-order valence-corrected chi connectivity index (χ0v) is 16.8. The molecule has 3 rings (SSSR count). The van der Waals surface area contributed by atoms with Crippen LogP contribution < -0.4 is 10.6 Å². The second-order valence-corrected chi connectivity index (χ2v) is 7.80. The number of piperidine rings is 1. The van der Waals surface area contributed by atoms with Crippen LogP contribution in [0.15, 0.2) is 10.6 Å². The van der Waals surface area contributed by atoms with Crippen LogP contribution in [0.25, 0.3) is 0 Å². The number of nitrogens with one attached hydrogen (secondary N) is 2. The maximum atomic E-state index is 13.1. The van der Waals surface area contributed by atoms with Gasteiger partial charge in [0.05, 0.1) is 17.7 Å². The van der Waals surface area contributed by atoms with Crippen molar-refractivity contribution in [2.75, 3.05) is 52.5 Å². The van der Waals surface area contributed by atoms with Crippen LogP contribution in [0, 0.1) is 5.41 Å². The third-order valence-electron chi connectivity index (χ3n) is 6.00. The summed E-state index contributed by atoms with van der Waals surface area (Å²) >= 11 is 0. The van der Waals surface area contributed by atoms with Crippen molar-refractivity contribution in [2.24, 2.45) is 5.41 Å². The fourth-order valence-electron chi connectivity index (χ4n) is 4.15. The van der Waals surface area contributed by atoms with Crippen LogP contribution in [-0.2, 0) is 16.0 Å². The number of hydrogen-bond acceptors (Lipinski definition) is 6. The average molecular weight is 379 g/mol. The quantitative estimate of drug-likeness (QED) is 0.679. The molecule has 1 amide bonds. The van der Waals surface area contributed by atoms with E-state index in [9.17, 15) is 4.79 Å². The summed E-state index contributed by atoms with van der Waals surface area (Å²) in [5.41, 5.74) is 0.508. The summed E-state index contributed by atoms with van der Waals surface area (Å²) in [6.07, 6.45) is 3.46. The molecule has 0 spiro atoms. The predicted octanol–water partition coefficient (Wildman–Crippen LogP) is 1.55. The molecule has 0 aromatic carbocycles. The standard InChI is InChI=1S/C20H34N4O3/c1-3-24(4-2)10-9-22-19(25)20(7-5-8-21-15-20)13-17-12-18(23-27-17)16-6-11-26-14-16/h12,16,21H,3-11,13-15H2,1-2H3,(H,22,25)/t16-,20+/m0/s1. The van der Waals surface area contributed by atoms with Gasteiger partial charge in [-0.3, -0.25) is 4.79 Å². The van der Waals surface area contributed by atoms with Crippen molar-refractivity contribution < 1.29 is 14.1 Å². The first-order chi connectivity index (χ1) is 13.2. The maximum absolute atomic E-state index is 13.1. The van der Waals surface area contributed by atoms with Gasteiger partial charge in [0.25, 0.3) is 0 Å². The molecule has 0 unspecified atom stereocenters. The molecular formula is C20H34N4O3. The summed E-state index contributed by atoms with van der Waals surface area (Å²) in [5, 5.41) is 10.8. The van der Waals surface area contributed by atoms with Crippen molar-refractivity contribution in [3.63, 3.8) is 0 Å². The van der Waals surface area contributed by atoms with Crippen LogP contribution in [0.5, 0.6) is 0 Å². The number of aromatic nitrogens is 1. The van der Waals surface area contributed by atoms with Crippen molar-refractivity contribution in [3.05, 3.63) is 17.5 Å². The van der Waals surface area contributed by atoms with E-state index in [4.69, 9.17) is 9.26 Å². The minimum Gasteiger partial charge on any atom is -0.381 e. The average Bonchev–Trinajstić information content (AvgIpc) is 3.37. The number of hydrogen-bond donors (Lipinski definition) is 2. The summed E-state index contributed by atoms with van der Waals surface area (Å²) in [7, 11) is 0. The van der Waals surface area contributed by atoms with Gasteiger partial charge >= 0.3 is 0 Å². The fourth-order valence-corrected chi connectivity index (χ4v) is 4.15. The first-order valence-corrected chi connectivity index (χ1v) is 10.4. The Morgan fingerprint density at radius 1 is 1.44 bits per heavy atom. The van der Waals surface area contributed by atoms with Crippen LogP contribution in [0.3, 0.4) is 0 Å². The highest BCUT2D eigenvalue weighted by Crippen LogP contribution is 2.33. The number of rotatable bonds is 9. The third-order valence-corrected chi connectivity index (χ3v) is 6.00. The van der Waals surface area contributed by atoms with E-state index >= 15 is 0 Å². The van der Waals surface area contributed by atoms with Crippen LogP contribution in [0.2, 0.25) is 0 Å². The van der Waals surface area contributed by atoms with Gasteiger partial charge < -0.3 is 24.8 Å². The molecule has 2 N–H and O–H groups in total. The number of carbonyl (C=O) groups is 1. The number of nitrogens with zero attached hydrogens (tertiary/aromatic N) is 2. The highest BCUT2D eigenvalue weighted by Gasteiger charge is 2.41. The first kappa shape index (κ1) is 20.3.